The van der Waals surface area contributed by atoms with Crippen LogP contribution in [0.2, 0.25) is 0 Å². The highest BCUT2D eigenvalue weighted by Gasteiger charge is 1.98. The summed E-state index contributed by atoms with van der Waals surface area (Å²) in [4.78, 5) is 0. The molecule has 0 bridgehead atoms. The highest BCUT2D eigenvalue weighted by molar-refractivity contribution is 5.88. The Morgan fingerprint density at radius 3 is 2.67 bits per heavy atom. The number of halogens is 2. The minimum atomic E-state index is -1.68. The third-order valence-electron chi connectivity index (χ3n) is 2.27. The molecule has 15 heavy (non-hydrogen) atoms. The van der Waals surface area contributed by atoms with Crippen molar-refractivity contribution in [3.8, 4) is 0 Å². The Balaban J connectivity index is 2.62. The normalized spacial score (nSPS) is 10.3. The van der Waals surface area contributed by atoms with E-state index in [-0.39, 0.29) is 0 Å². The molecule has 0 aromatic heterocycles. The standard InChI is InChI=1S/C13H9F2/c1-9-3-2-4-11-7-10(8-13(14)15)5-6-12(9)11/h2-8H,1H2. The largest absolute Gasteiger partial charge is 0.270 e. The average Bonchev–Trinajstić information content (AvgIpc) is 2.17. The van der Waals surface area contributed by atoms with Gasteiger partial charge in [0, 0.05) is 6.08 Å². The lowest BCUT2D eigenvalue weighted by atomic mass is 10.0. The minimum absolute atomic E-state index is 0.508. The number of hydrogen-bond donors (Lipinski definition) is 0. The van der Waals surface area contributed by atoms with Crippen LogP contribution in [0.5, 0.6) is 0 Å². The Morgan fingerprint density at radius 2 is 1.93 bits per heavy atom. The highest BCUT2D eigenvalue weighted by Crippen LogP contribution is 2.21. The van der Waals surface area contributed by atoms with Gasteiger partial charge in [0.25, 0.3) is 6.08 Å². The summed E-state index contributed by atoms with van der Waals surface area (Å²) in [5, 5.41) is 1.92. The molecule has 2 heteroatoms. The van der Waals surface area contributed by atoms with Crippen LogP contribution in [0.4, 0.5) is 8.78 Å². The molecule has 2 rings (SSSR count). The van der Waals surface area contributed by atoms with Crippen LogP contribution in [-0.2, 0) is 0 Å². The fourth-order valence-electron chi connectivity index (χ4n) is 1.59. The van der Waals surface area contributed by atoms with Gasteiger partial charge in [-0.15, -0.1) is 0 Å². The number of benzene rings is 2. The Bertz CT molecular complexity index is 523. The third kappa shape index (κ3) is 2.04. The summed E-state index contributed by atoms with van der Waals surface area (Å²) in [7, 11) is 0. The van der Waals surface area contributed by atoms with Crippen LogP contribution in [0.1, 0.15) is 11.1 Å². The molecule has 0 nitrogen and oxygen atoms in total. The third-order valence-corrected chi connectivity index (χ3v) is 2.27. The van der Waals surface area contributed by atoms with Gasteiger partial charge >= 0.3 is 0 Å². The molecule has 0 spiro atoms. The van der Waals surface area contributed by atoms with Crippen LogP contribution in [-0.4, -0.2) is 0 Å². The van der Waals surface area contributed by atoms with Gasteiger partial charge in [-0.1, -0.05) is 30.3 Å². The van der Waals surface area contributed by atoms with Crippen LogP contribution in [0.25, 0.3) is 16.8 Å². The summed E-state index contributed by atoms with van der Waals surface area (Å²) in [5.41, 5.74) is 1.41. The van der Waals surface area contributed by atoms with Gasteiger partial charge in [0.1, 0.15) is 0 Å². The molecule has 0 N–H and O–H groups in total. The van der Waals surface area contributed by atoms with Crippen molar-refractivity contribution >= 4 is 16.8 Å². The molecule has 2 aromatic rings. The summed E-state index contributed by atoms with van der Waals surface area (Å²) in [5.74, 6) is 0. The van der Waals surface area contributed by atoms with Crippen LogP contribution in [0, 0.1) is 6.92 Å². The molecule has 0 amide bonds. The van der Waals surface area contributed by atoms with Gasteiger partial charge in [-0.2, -0.15) is 8.78 Å². The summed E-state index contributed by atoms with van der Waals surface area (Å²) < 4.78 is 24.1. The molecular formula is C13H9F2. The topological polar surface area (TPSA) is 0 Å². The van der Waals surface area contributed by atoms with E-state index in [1.165, 1.54) is 0 Å². The quantitative estimate of drug-likeness (QED) is 0.649. The Morgan fingerprint density at radius 1 is 1.13 bits per heavy atom. The average molecular weight is 203 g/mol. The van der Waals surface area contributed by atoms with Gasteiger partial charge in [-0.3, -0.25) is 0 Å². The van der Waals surface area contributed by atoms with E-state index in [1.54, 1.807) is 12.1 Å². The van der Waals surface area contributed by atoms with Gasteiger partial charge in [0.2, 0.25) is 0 Å². The van der Waals surface area contributed by atoms with Gasteiger partial charge in [0.15, 0.2) is 0 Å². The van der Waals surface area contributed by atoms with Crippen LogP contribution < -0.4 is 0 Å². The minimum Gasteiger partial charge on any atom is -0.173 e. The predicted molar refractivity (Wildman–Crippen MR) is 58.6 cm³/mol. The van der Waals surface area contributed by atoms with Crippen molar-refractivity contribution < 1.29 is 8.78 Å². The van der Waals surface area contributed by atoms with Crippen molar-refractivity contribution in [3.05, 3.63) is 60.5 Å². The Hall–Kier alpha value is -1.70. The molecule has 0 atom stereocenters. The lowest BCUT2D eigenvalue weighted by Gasteiger charge is -2.02. The van der Waals surface area contributed by atoms with Crippen LogP contribution in [0.15, 0.2) is 42.5 Å². The van der Waals surface area contributed by atoms with Gasteiger partial charge < -0.3 is 0 Å². The van der Waals surface area contributed by atoms with Crippen molar-refractivity contribution in [2.24, 2.45) is 0 Å². The zero-order valence-electron chi connectivity index (χ0n) is 8.00. The fraction of sp³-hybridized carbons (Fsp3) is 0. The van der Waals surface area contributed by atoms with Crippen molar-refractivity contribution in [3.63, 3.8) is 0 Å². The van der Waals surface area contributed by atoms with E-state index in [4.69, 9.17) is 0 Å². The molecule has 0 unspecified atom stereocenters. The Kier molecular flexibility index (Phi) is 2.50. The van der Waals surface area contributed by atoms with Gasteiger partial charge in [0.05, 0.1) is 0 Å². The summed E-state index contributed by atoms with van der Waals surface area (Å²) in [6.07, 6.45) is -0.824. The smallest absolute Gasteiger partial charge is 0.173 e. The second-order valence-electron chi connectivity index (χ2n) is 3.33. The lowest BCUT2D eigenvalue weighted by molar-refractivity contribution is 0.429. The van der Waals surface area contributed by atoms with Crippen molar-refractivity contribution in [1.82, 2.24) is 0 Å². The van der Waals surface area contributed by atoms with E-state index >= 15 is 0 Å². The summed E-state index contributed by atoms with van der Waals surface area (Å²) >= 11 is 0. The molecule has 0 saturated heterocycles. The van der Waals surface area contributed by atoms with Gasteiger partial charge in [-0.25, -0.2) is 0 Å². The zero-order chi connectivity index (χ0) is 10.8. The molecule has 1 radical (unpaired) electrons. The van der Waals surface area contributed by atoms with E-state index in [1.807, 2.05) is 24.3 Å². The fourth-order valence-corrected chi connectivity index (χ4v) is 1.59. The maximum Gasteiger partial charge on any atom is 0.270 e. The van der Waals surface area contributed by atoms with Crippen molar-refractivity contribution in [2.75, 3.05) is 0 Å². The SMILES string of the molecule is [CH2]c1cccc2cc(C=C(F)F)ccc12. The predicted octanol–water partition coefficient (Wildman–Crippen LogP) is 4.26. The number of rotatable bonds is 1. The first-order valence-corrected chi connectivity index (χ1v) is 4.54. The van der Waals surface area contributed by atoms with Crippen molar-refractivity contribution in [1.29, 1.82) is 0 Å². The molecule has 0 aliphatic rings. The van der Waals surface area contributed by atoms with Crippen LogP contribution >= 0.6 is 0 Å². The zero-order valence-corrected chi connectivity index (χ0v) is 8.00. The van der Waals surface area contributed by atoms with Crippen LogP contribution in [0.3, 0.4) is 0 Å². The first-order valence-electron chi connectivity index (χ1n) is 4.54. The number of fused-ring (bicyclic) bond motifs is 1. The molecule has 75 valence electrons. The molecule has 0 aliphatic carbocycles. The second-order valence-corrected chi connectivity index (χ2v) is 3.33. The van der Waals surface area contributed by atoms with E-state index in [0.717, 1.165) is 22.4 Å². The molecule has 2 aromatic carbocycles. The summed E-state index contributed by atoms with van der Waals surface area (Å²) in [6, 6.07) is 10.8. The molecule has 0 aliphatic heterocycles. The maximum absolute atomic E-state index is 12.0. The molecule has 0 fully saturated rings. The lowest BCUT2D eigenvalue weighted by Crippen LogP contribution is -1.79. The van der Waals surface area contributed by atoms with E-state index < -0.39 is 6.08 Å². The molecular weight excluding hydrogens is 194 g/mol. The maximum atomic E-state index is 12.0. The Labute approximate surface area is 86.8 Å². The first kappa shape index (κ1) is 9.84. The highest BCUT2D eigenvalue weighted by atomic mass is 19.3. The second kappa shape index (κ2) is 3.81. The monoisotopic (exact) mass is 203 g/mol. The van der Waals surface area contributed by atoms with Gasteiger partial charge in [-0.05, 0) is 34.9 Å². The first-order chi connectivity index (χ1) is 7.16. The van der Waals surface area contributed by atoms with E-state index in [9.17, 15) is 8.78 Å². The van der Waals surface area contributed by atoms with Crippen molar-refractivity contribution in [2.45, 2.75) is 0 Å². The molecule has 0 saturated carbocycles. The molecule has 0 heterocycles. The summed E-state index contributed by atoms with van der Waals surface area (Å²) in [6.45, 7) is 3.88. The van der Waals surface area contributed by atoms with E-state index in [0.29, 0.717) is 5.56 Å². The number of hydrogen-bond acceptors (Lipinski definition) is 0. The van der Waals surface area contributed by atoms with E-state index in [2.05, 4.69) is 6.92 Å².